The van der Waals surface area contributed by atoms with Crippen molar-refractivity contribution in [1.29, 1.82) is 0 Å². The van der Waals surface area contributed by atoms with Gasteiger partial charge in [0.05, 0.1) is 5.75 Å². The van der Waals surface area contributed by atoms with Crippen molar-refractivity contribution in [3.8, 4) is 0 Å². The third-order valence-corrected chi connectivity index (χ3v) is 5.87. The number of fused-ring (bicyclic) bond motifs is 2. The molecule has 0 aliphatic heterocycles. The van der Waals surface area contributed by atoms with E-state index in [-0.39, 0.29) is 0 Å². The molecule has 3 atom stereocenters. The highest BCUT2D eigenvalue weighted by Crippen LogP contribution is 2.49. The lowest BCUT2D eigenvalue weighted by Gasteiger charge is -2.20. The second-order valence-corrected chi connectivity index (χ2v) is 7.33. The average molecular weight is 274 g/mol. The summed E-state index contributed by atoms with van der Waals surface area (Å²) in [6.07, 6.45) is 6.37. The minimum Gasteiger partial charge on any atom is -0.299 e. The summed E-state index contributed by atoms with van der Waals surface area (Å²) in [7, 11) is 0. The number of carbonyl (C=O) groups excluding carboxylic acids is 1. The Hall–Kier alpha value is -0.760. The molecule has 1 nitrogen and oxygen atoms in total. The molecule has 2 aliphatic carbocycles. The van der Waals surface area contributed by atoms with Crippen molar-refractivity contribution in [2.24, 2.45) is 17.8 Å². The van der Waals surface area contributed by atoms with Gasteiger partial charge in [-0.1, -0.05) is 24.1 Å². The monoisotopic (exact) mass is 274 g/mol. The molecule has 2 aliphatic rings. The molecule has 0 aromatic heterocycles. The average Bonchev–Trinajstić information content (AvgIpc) is 3.00. The minimum atomic E-state index is 0.447. The van der Waals surface area contributed by atoms with Crippen LogP contribution in [0, 0.1) is 24.7 Å². The topological polar surface area (TPSA) is 17.1 Å². The van der Waals surface area contributed by atoms with Crippen molar-refractivity contribution in [1.82, 2.24) is 0 Å². The van der Waals surface area contributed by atoms with Crippen molar-refractivity contribution in [2.75, 3.05) is 5.75 Å². The van der Waals surface area contributed by atoms with Crippen LogP contribution in [0.15, 0.2) is 29.2 Å². The highest BCUT2D eigenvalue weighted by Gasteiger charge is 2.39. The lowest BCUT2D eigenvalue weighted by atomic mass is 9.85. The highest BCUT2D eigenvalue weighted by atomic mass is 32.2. The number of rotatable bonds is 5. The summed E-state index contributed by atoms with van der Waals surface area (Å²) >= 11 is 1.69. The van der Waals surface area contributed by atoms with Gasteiger partial charge in [-0.05, 0) is 56.1 Å². The molecule has 2 fully saturated rings. The Labute approximate surface area is 120 Å². The normalized spacial score (nSPS) is 28.8. The highest BCUT2D eigenvalue weighted by molar-refractivity contribution is 8.00. The molecule has 2 heteroatoms. The van der Waals surface area contributed by atoms with E-state index < -0.39 is 0 Å². The lowest BCUT2D eigenvalue weighted by molar-refractivity contribution is -0.117. The van der Waals surface area contributed by atoms with E-state index >= 15 is 0 Å². The number of aryl methyl sites for hydroxylation is 1. The summed E-state index contributed by atoms with van der Waals surface area (Å²) in [5, 5.41) is 0. The third-order valence-electron chi connectivity index (χ3n) is 4.80. The summed E-state index contributed by atoms with van der Waals surface area (Å²) in [5.74, 6) is 3.63. The Bertz CT molecular complexity index is 451. The standard InChI is InChI=1S/C17H22OS/c1-12-2-6-17(7-3-12)19-11-16(18)10-15-9-13-4-5-14(15)8-13/h2-3,6-7,13-15H,4-5,8-11H2,1H3. The first-order chi connectivity index (χ1) is 9.20. The molecule has 0 spiro atoms. The SMILES string of the molecule is Cc1ccc(SCC(=O)CC2CC3CCC2C3)cc1. The van der Waals surface area contributed by atoms with Crippen LogP contribution in [0.2, 0.25) is 0 Å². The number of carbonyl (C=O) groups is 1. The van der Waals surface area contributed by atoms with Crippen LogP contribution in [0.3, 0.4) is 0 Å². The lowest BCUT2D eigenvalue weighted by Crippen LogP contribution is -2.16. The summed E-state index contributed by atoms with van der Waals surface area (Å²) in [5.41, 5.74) is 1.28. The van der Waals surface area contributed by atoms with E-state index in [9.17, 15) is 4.79 Å². The molecule has 0 saturated heterocycles. The van der Waals surface area contributed by atoms with Gasteiger partial charge in [0.15, 0.2) is 0 Å². The molecule has 0 radical (unpaired) electrons. The molecule has 19 heavy (non-hydrogen) atoms. The van der Waals surface area contributed by atoms with Gasteiger partial charge in [-0.15, -0.1) is 11.8 Å². The third kappa shape index (κ3) is 3.22. The van der Waals surface area contributed by atoms with E-state index in [2.05, 4.69) is 31.2 Å². The van der Waals surface area contributed by atoms with Crippen LogP contribution in [-0.4, -0.2) is 11.5 Å². The molecule has 2 bridgehead atoms. The number of thioether (sulfide) groups is 1. The van der Waals surface area contributed by atoms with Crippen molar-refractivity contribution in [2.45, 2.75) is 43.9 Å². The van der Waals surface area contributed by atoms with Crippen LogP contribution >= 0.6 is 11.8 Å². The van der Waals surface area contributed by atoms with E-state index in [1.54, 1.807) is 11.8 Å². The molecular weight excluding hydrogens is 252 g/mol. The summed E-state index contributed by atoms with van der Waals surface area (Å²) in [4.78, 5) is 13.3. The van der Waals surface area contributed by atoms with E-state index in [1.807, 2.05) is 0 Å². The second kappa shape index (κ2) is 5.70. The number of Topliss-reactive ketones (excluding diaryl/α,β-unsaturated/α-hetero) is 1. The Morgan fingerprint density at radius 3 is 2.63 bits per heavy atom. The Balaban J connectivity index is 1.45. The molecule has 3 unspecified atom stereocenters. The Morgan fingerprint density at radius 1 is 1.21 bits per heavy atom. The van der Waals surface area contributed by atoms with Crippen LogP contribution in [0.1, 0.15) is 37.7 Å². The van der Waals surface area contributed by atoms with Gasteiger partial charge in [0.25, 0.3) is 0 Å². The predicted molar refractivity (Wildman–Crippen MR) is 80.5 cm³/mol. The van der Waals surface area contributed by atoms with Crippen LogP contribution in [0.5, 0.6) is 0 Å². The molecular formula is C17H22OS. The largest absolute Gasteiger partial charge is 0.299 e. The van der Waals surface area contributed by atoms with E-state index in [4.69, 9.17) is 0 Å². The molecule has 0 amide bonds. The maximum Gasteiger partial charge on any atom is 0.143 e. The summed E-state index contributed by atoms with van der Waals surface area (Å²) < 4.78 is 0. The summed E-state index contributed by atoms with van der Waals surface area (Å²) in [6, 6.07) is 8.46. The second-order valence-electron chi connectivity index (χ2n) is 6.28. The van der Waals surface area contributed by atoms with Gasteiger partial charge in [-0.3, -0.25) is 4.79 Å². The van der Waals surface area contributed by atoms with Gasteiger partial charge >= 0.3 is 0 Å². The first-order valence-electron chi connectivity index (χ1n) is 7.42. The fraction of sp³-hybridized carbons (Fsp3) is 0.588. The van der Waals surface area contributed by atoms with Gasteiger partial charge in [-0.25, -0.2) is 0 Å². The smallest absolute Gasteiger partial charge is 0.143 e. The number of hydrogen-bond donors (Lipinski definition) is 0. The fourth-order valence-electron chi connectivity index (χ4n) is 3.78. The van der Waals surface area contributed by atoms with Crippen molar-refractivity contribution >= 4 is 17.5 Å². The van der Waals surface area contributed by atoms with Crippen LogP contribution in [-0.2, 0) is 4.79 Å². The number of ketones is 1. The fourth-order valence-corrected chi connectivity index (χ4v) is 4.55. The minimum absolute atomic E-state index is 0.447. The van der Waals surface area contributed by atoms with E-state index in [1.165, 1.54) is 36.1 Å². The number of benzene rings is 1. The zero-order valence-electron chi connectivity index (χ0n) is 11.6. The van der Waals surface area contributed by atoms with Gasteiger partial charge in [0.2, 0.25) is 0 Å². The Kier molecular flexibility index (Phi) is 3.97. The molecule has 0 N–H and O–H groups in total. The predicted octanol–water partition coefficient (Wildman–Crippen LogP) is 4.48. The maximum atomic E-state index is 12.1. The van der Waals surface area contributed by atoms with E-state index in [0.717, 1.165) is 18.3 Å². The van der Waals surface area contributed by atoms with Crippen molar-refractivity contribution < 1.29 is 4.79 Å². The maximum absolute atomic E-state index is 12.1. The van der Waals surface area contributed by atoms with Gasteiger partial charge in [0.1, 0.15) is 5.78 Å². The molecule has 1 aromatic rings. The summed E-state index contributed by atoms with van der Waals surface area (Å²) in [6.45, 7) is 2.09. The molecule has 0 heterocycles. The van der Waals surface area contributed by atoms with Crippen molar-refractivity contribution in [3.63, 3.8) is 0 Å². The van der Waals surface area contributed by atoms with Gasteiger partial charge in [-0.2, -0.15) is 0 Å². The molecule has 102 valence electrons. The zero-order valence-corrected chi connectivity index (χ0v) is 12.4. The Morgan fingerprint density at radius 2 is 2.00 bits per heavy atom. The molecule has 2 saturated carbocycles. The number of hydrogen-bond acceptors (Lipinski definition) is 2. The van der Waals surface area contributed by atoms with Crippen molar-refractivity contribution in [3.05, 3.63) is 29.8 Å². The molecule has 1 aromatic carbocycles. The van der Waals surface area contributed by atoms with Gasteiger partial charge in [0, 0.05) is 11.3 Å². The van der Waals surface area contributed by atoms with E-state index in [0.29, 0.717) is 17.5 Å². The quantitative estimate of drug-likeness (QED) is 0.736. The van der Waals surface area contributed by atoms with Crippen LogP contribution < -0.4 is 0 Å². The molecule has 3 rings (SSSR count). The van der Waals surface area contributed by atoms with Crippen LogP contribution in [0.4, 0.5) is 0 Å². The zero-order chi connectivity index (χ0) is 13.2. The first kappa shape index (κ1) is 13.2. The van der Waals surface area contributed by atoms with Crippen LogP contribution in [0.25, 0.3) is 0 Å². The van der Waals surface area contributed by atoms with Gasteiger partial charge < -0.3 is 0 Å². The first-order valence-corrected chi connectivity index (χ1v) is 8.40.